The summed E-state index contributed by atoms with van der Waals surface area (Å²) >= 11 is 6.16. The van der Waals surface area contributed by atoms with Gasteiger partial charge in [0.2, 0.25) is 0 Å². The summed E-state index contributed by atoms with van der Waals surface area (Å²) in [5.74, 6) is 0.844. The lowest BCUT2D eigenvalue weighted by molar-refractivity contribution is 0.405. The van der Waals surface area contributed by atoms with Crippen molar-refractivity contribution in [3.63, 3.8) is 0 Å². The van der Waals surface area contributed by atoms with E-state index in [0.717, 1.165) is 11.3 Å². The molecule has 0 saturated heterocycles. The highest BCUT2D eigenvalue weighted by molar-refractivity contribution is 6.30. The Morgan fingerprint density at radius 3 is 2.30 bits per heavy atom. The molecule has 0 fully saturated rings. The van der Waals surface area contributed by atoms with Crippen LogP contribution in [-0.4, -0.2) is 14.2 Å². The molecule has 1 N–H and O–H groups in total. The number of ether oxygens (including phenoxy) is 1. The fourth-order valence-corrected chi connectivity index (χ4v) is 2.85. The maximum atomic E-state index is 6.16. The van der Waals surface area contributed by atoms with Crippen molar-refractivity contribution in [1.82, 2.24) is 5.32 Å². The van der Waals surface area contributed by atoms with Gasteiger partial charge in [-0.2, -0.15) is 0 Å². The van der Waals surface area contributed by atoms with Crippen LogP contribution in [0.2, 0.25) is 5.02 Å². The molecule has 0 radical (unpaired) electrons. The zero-order valence-corrected chi connectivity index (χ0v) is 13.1. The van der Waals surface area contributed by atoms with Crippen LogP contribution in [0, 0.1) is 13.8 Å². The highest BCUT2D eigenvalue weighted by Crippen LogP contribution is 2.34. The molecule has 20 heavy (non-hydrogen) atoms. The van der Waals surface area contributed by atoms with E-state index in [1.54, 1.807) is 7.11 Å². The molecule has 0 bridgehead atoms. The summed E-state index contributed by atoms with van der Waals surface area (Å²) in [4.78, 5) is 0. The molecule has 2 aromatic rings. The third kappa shape index (κ3) is 2.82. The predicted molar refractivity (Wildman–Crippen MR) is 84.8 cm³/mol. The molecule has 0 aliphatic rings. The number of rotatable bonds is 4. The highest BCUT2D eigenvalue weighted by atomic mass is 35.5. The van der Waals surface area contributed by atoms with Crippen LogP contribution in [0.1, 0.15) is 28.3 Å². The topological polar surface area (TPSA) is 21.3 Å². The Morgan fingerprint density at radius 1 is 1.10 bits per heavy atom. The number of methoxy groups -OCH3 is 1. The van der Waals surface area contributed by atoms with Gasteiger partial charge in [0.1, 0.15) is 5.75 Å². The van der Waals surface area contributed by atoms with Crippen LogP contribution >= 0.6 is 11.6 Å². The molecular weight excluding hydrogens is 270 g/mol. The minimum absolute atomic E-state index is 0.0600. The van der Waals surface area contributed by atoms with Crippen LogP contribution in [0.5, 0.6) is 5.75 Å². The Morgan fingerprint density at radius 2 is 1.75 bits per heavy atom. The molecular formula is C17H20ClNO. The molecule has 0 aliphatic heterocycles. The summed E-state index contributed by atoms with van der Waals surface area (Å²) in [6.45, 7) is 4.26. The van der Waals surface area contributed by atoms with Crippen molar-refractivity contribution < 1.29 is 4.74 Å². The Hall–Kier alpha value is -1.51. The van der Waals surface area contributed by atoms with Gasteiger partial charge in [-0.05, 0) is 55.8 Å². The smallest absolute Gasteiger partial charge is 0.124 e. The second-order valence-electron chi connectivity index (χ2n) is 4.91. The Bertz CT molecular complexity index is 590. The third-order valence-electron chi connectivity index (χ3n) is 3.62. The van der Waals surface area contributed by atoms with Crippen LogP contribution in [0.3, 0.4) is 0 Å². The SMILES string of the molecule is CNC(c1cc(Cl)ccc1OC)c1c(C)cccc1C. The number of hydrogen-bond acceptors (Lipinski definition) is 2. The first-order valence-corrected chi connectivity index (χ1v) is 7.03. The van der Waals surface area contributed by atoms with Gasteiger partial charge in [0, 0.05) is 10.6 Å². The maximum Gasteiger partial charge on any atom is 0.124 e. The number of halogens is 1. The molecule has 3 heteroatoms. The van der Waals surface area contributed by atoms with Gasteiger partial charge in [0.15, 0.2) is 0 Å². The van der Waals surface area contributed by atoms with E-state index in [-0.39, 0.29) is 6.04 Å². The van der Waals surface area contributed by atoms with E-state index in [9.17, 15) is 0 Å². The predicted octanol–water partition coefficient (Wildman–Crippen LogP) is 4.27. The molecule has 0 spiro atoms. The van der Waals surface area contributed by atoms with Gasteiger partial charge in [0.05, 0.1) is 13.2 Å². The van der Waals surface area contributed by atoms with Gasteiger partial charge < -0.3 is 10.1 Å². The van der Waals surface area contributed by atoms with Gasteiger partial charge in [-0.25, -0.2) is 0 Å². The van der Waals surface area contributed by atoms with Crippen molar-refractivity contribution in [3.8, 4) is 5.75 Å². The van der Waals surface area contributed by atoms with Crippen molar-refractivity contribution in [1.29, 1.82) is 0 Å². The average Bonchev–Trinajstić information content (AvgIpc) is 2.43. The van der Waals surface area contributed by atoms with E-state index >= 15 is 0 Å². The second kappa shape index (κ2) is 6.29. The van der Waals surface area contributed by atoms with E-state index < -0.39 is 0 Å². The number of aryl methyl sites for hydroxylation is 2. The van der Waals surface area contributed by atoms with E-state index in [2.05, 4.69) is 37.4 Å². The molecule has 2 nitrogen and oxygen atoms in total. The molecule has 0 amide bonds. The Balaban J connectivity index is 2.61. The first-order valence-electron chi connectivity index (χ1n) is 6.65. The zero-order chi connectivity index (χ0) is 14.7. The van der Waals surface area contributed by atoms with Gasteiger partial charge >= 0.3 is 0 Å². The van der Waals surface area contributed by atoms with E-state index in [4.69, 9.17) is 16.3 Å². The molecule has 1 unspecified atom stereocenters. The molecule has 0 saturated carbocycles. The normalized spacial score (nSPS) is 12.2. The number of benzene rings is 2. The van der Waals surface area contributed by atoms with Crippen LogP contribution in [0.15, 0.2) is 36.4 Å². The number of nitrogens with one attached hydrogen (secondary N) is 1. The Kier molecular flexibility index (Phi) is 4.69. The van der Waals surface area contributed by atoms with Crippen molar-refractivity contribution in [2.75, 3.05) is 14.2 Å². The van der Waals surface area contributed by atoms with Gasteiger partial charge in [0.25, 0.3) is 0 Å². The van der Waals surface area contributed by atoms with E-state index in [1.165, 1.54) is 16.7 Å². The second-order valence-corrected chi connectivity index (χ2v) is 5.35. The zero-order valence-electron chi connectivity index (χ0n) is 12.3. The molecule has 1 atom stereocenters. The molecule has 0 heterocycles. The molecule has 0 aromatic heterocycles. The van der Waals surface area contributed by atoms with Gasteiger partial charge in [-0.1, -0.05) is 29.8 Å². The summed E-state index contributed by atoms with van der Waals surface area (Å²) in [5.41, 5.74) is 4.84. The molecule has 0 aliphatic carbocycles. The van der Waals surface area contributed by atoms with Gasteiger partial charge in [-0.3, -0.25) is 0 Å². The van der Waals surface area contributed by atoms with Crippen molar-refractivity contribution in [2.24, 2.45) is 0 Å². The lowest BCUT2D eigenvalue weighted by atomic mass is 9.91. The average molecular weight is 290 g/mol. The van der Waals surface area contributed by atoms with Crippen molar-refractivity contribution in [2.45, 2.75) is 19.9 Å². The lowest BCUT2D eigenvalue weighted by Gasteiger charge is -2.23. The fraction of sp³-hybridized carbons (Fsp3) is 0.294. The standard InChI is InChI=1S/C17H20ClNO/c1-11-6-5-7-12(2)16(11)17(19-3)14-10-13(18)8-9-15(14)20-4/h5-10,17,19H,1-4H3. The summed E-state index contributed by atoms with van der Waals surface area (Å²) < 4.78 is 5.49. The van der Waals surface area contributed by atoms with Crippen LogP contribution in [0.25, 0.3) is 0 Å². The number of hydrogen-bond donors (Lipinski definition) is 1. The first kappa shape index (κ1) is 14.9. The quantitative estimate of drug-likeness (QED) is 0.907. The van der Waals surface area contributed by atoms with E-state index in [0.29, 0.717) is 5.02 Å². The lowest BCUT2D eigenvalue weighted by Crippen LogP contribution is -2.20. The van der Waals surface area contributed by atoms with Crippen LogP contribution in [0.4, 0.5) is 0 Å². The van der Waals surface area contributed by atoms with Crippen molar-refractivity contribution in [3.05, 3.63) is 63.7 Å². The summed E-state index contributed by atoms with van der Waals surface area (Å²) in [5, 5.41) is 4.09. The summed E-state index contributed by atoms with van der Waals surface area (Å²) in [6, 6.07) is 12.1. The van der Waals surface area contributed by atoms with Gasteiger partial charge in [-0.15, -0.1) is 0 Å². The first-order chi connectivity index (χ1) is 9.58. The minimum Gasteiger partial charge on any atom is -0.496 e. The summed E-state index contributed by atoms with van der Waals surface area (Å²) in [6.07, 6.45) is 0. The van der Waals surface area contributed by atoms with E-state index in [1.807, 2.05) is 25.2 Å². The van der Waals surface area contributed by atoms with Crippen molar-refractivity contribution >= 4 is 11.6 Å². The van der Waals surface area contributed by atoms with Crippen LogP contribution in [-0.2, 0) is 0 Å². The summed E-state index contributed by atoms with van der Waals surface area (Å²) in [7, 11) is 3.64. The fourth-order valence-electron chi connectivity index (χ4n) is 2.67. The third-order valence-corrected chi connectivity index (χ3v) is 3.86. The molecule has 106 valence electrons. The monoisotopic (exact) mass is 289 g/mol. The van der Waals surface area contributed by atoms with Crippen LogP contribution < -0.4 is 10.1 Å². The minimum atomic E-state index is 0.0600. The largest absolute Gasteiger partial charge is 0.496 e. The maximum absolute atomic E-state index is 6.16. The Labute approximate surface area is 125 Å². The highest BCUT2D eigenvalue weighted by Gasteiger charge is 2.20. The molecule has 2 rings (SSSR count). The molecule has 2 aromatic carbocycles.